The van der Waals surface area contributed by atoms with Crippen molar-refractivity contribution >= 4 is 11.9 Å². The Kier molecular flexibility index (Phi) is 4.93. The van der Waals surface area contributed by atoms with E-state index in [-0.39, 0.29) is 11.9 Å². The number of rotatable bonds is 1. The fourth-order valence-corrected chi connectivity index (χ4v) is 1.91. The maximum Gasteiger partial charge on any atom is 0.218 e. The summed E-state index contributed by atoms with van der Waals surface area (Å²) in [6, 6.07) is 0.299. The summed E-state index contributed by atoms with van der Waals surface area (Å²) in [5, 5.41) is 0. The van der Waals surface area contributed by atoms with Gasteiger partial charge in [0.15, 0.2) is 5.96 Å². The zero-order valence-corrected chi connectivity index (χ0v) is 9.15. The summed E-state index contributed by atoms with van der Waals surface area (Å²) >= 11 is 0. The number of hydrogen-bond acceptors (Lipinski definition) is 1. The third-order valence-corrected chi connectivity index (χ3v) is 2.63. The number of aliphatic imine (C=N–C) groups is 2. The molecule has 0 bridgehead atoms. The van der Waals surface area contributed by atoms with Crippen molar-refractivity contribution in [3.8, 4) is 0 Å². The van der Waals surface area contributed by atoms with Gasteiger partial charge >= 0.3 is 0 Å². The van der Waals surface area contributed by atoms with Crippen LogP contribution in [0.5, 0.6) is 0 Å². The summed E-state index contributed by atoms with van der Waals surface area (Å²) in [5.41, 5.74) is 16.0. The Bertz CT molecular complexity index is 234. The van der Waals surface area contributed by atoms with Gasteiger partial charge in [-0.3, -0.25) is 0 Å². The smallest absolute Gasteiger partial charge is 0.218 e. The van der Waals surface area contributed by atoms with E-state index in [1.165, 1.54) is 32.1 Å². The Hall–Kier alpha value is -1.26. The lowest BCUT2D eigenvalue weighted by molar-refractivity contribution is 0.455. The number of nitrogens with two attached hydrogens (primary N) is 3. The number of nitrogens with zero attached hydrogens (tertiary/aromatic N) is 2. The average Bonchev–Trinajstić information content (AvgIpc) is 2.08. The van der Waals surface area contributed by atoms with Gasteiger partial charge in [0.25, 0.3) is 0 Å². The van der Waals surface area contributed by atoms with E-state index in [0.29, 0.717) is 6.04 Å². The fraction of sp³-hybridized carbons (Fsp3) is 0.800. The molecule has 15 heavy (non-hydrogen) atoms. The third kappa shape index (κ3) is 5.24. The van der Waals surface area contributed by atoms with Gasteiger partial charge in [0, 0.05) is 0 Å². The first-order chi connectivity index (χ1) is 7.18. The Morgan fingerprint density at radius 3 is 1.93 bits per heavy atom. The molecule has 0 aromatic carbocycles. The summed E-state index contributed by atoms with van der Waals surface area (Å²) in [4.78, 5) is 8.05. The van der Waals surface area contributed by atoms with Crippen molar-refractivity contribution in [2.45, 2.75) is 51.0 Å². The first-order valence-corrected chi connectivity index (χ1v) is 5.61. The molecule has 1 rings (SSSR count). The zero-order valence-electron chi connectivity index (χ0n) is 9.15. The normalized spacial score (nSPS) is 20.4. The molecule has 1 aliphatic carbocycles. The molecule has 5 nitrogen and oxygen atoms in total. The Balaban J connectivity index is 2.49. The highest BCUT2D eigenvalue weighted by Crippen LogP contribution is 2.19. The van der Waals surface area contributed by atoms with Gasteiger partial charge in [-0.05, 0) is 12.8 Å². The van der Waals surface area contributed by atoms with E-state index >= 15 is 0 Å². The molecule has 0 saturated heterocycles. The highest BCUT2D eigenvalue weighted by molar-refractivity contribution is 5.92. The lowest BCUT2D eigenvalue weighted by Gasteiger charge is -2.15. The number of hydrogen-bond donors (Lipinski definition) is 3. The minimum Gasteiger partial charge on any atom is -0.370 e. The van der Waals surface area contributed by atoms with Crippen LogP contribution in [0.2, 0.25) is 0 Å². The molecule has 1 aliphatic rings. The predicted octanol–water partition coefficient (Wildman–Crippen LogP) is 0.687. The van der Waals surface area contributed by atoms with Crippen LogP contribution in [0.4, 0.5) is 0 Å². The molecule has 0 unspecified atom stereocenters. The van der Waals surface area contributed by atoms with E-state index < -0.39 is 0 Å². The van der Waals surface area contributed by atoms with Crippen LogP contribution in [0.15, 0.2) is 9.98 Å². The second kappa shape index (κ2) is 6.27. The molecule has 0 aliphatic heterocycles. The SMILES string of the molecule is NC(N)=NC(N)=NC1CCCCCCC1. The van der Waals surface area contributed by atoms with Gasteiger partial charge < -0.3 is 17.2 Å². The van der Waals surface area contributed by atoms with Crippen LogP contribution in [0, 0.1) is 0 Å². The molecule has 0 aromatic heterocycles. The van der Waals surface area contributed by atoms with Gasteiger partial charge in [0.05, 0.1) is 6.04 Å². The maximum atomic E-state index is 5.60. The van der Waals surface area contributed by atoms with Crippen molar-refractivity contribution in [1.82, 2.24) is 0 Å². The molecule has 0 heterocycles. The van der Waals surface area contributed by atoms with Gasteiger partial charge in [0.1, 0.15) is 0 Å². The average molecular weight is 211 g/mol. The van der Waals surface area contributed by atoms with Crippen molar-refractivity contribution in [2.24, 2.45) is 27.2 Å². The van der Waals surface area contributed by atoms with Crippen LogP contribution in [-0.4, -0.2) is 18.0 Å². The van der Waals surface area contributed by atoms with Crippen LogP contribution in [0.1, 0.15) is 44.9 Å². The summed E-state index contributed by atoms with van der Waals surface area (Å²) in [7, 11) is 0. The molecular weight excluding hydrogens is 190 g/mol. The minimum absolute atomic E-state index is 0.0258. The van der Waals surface area contributed by atoms with Crippen molar-refractivity contribution in [3.63, 3.8) is 0 Å². The first-order valence-electron chi connectivity index (χ1n) is 5.61. The Morgan fingerprint density at radius 2 is 1.40 bits per heavy atom. The van der Waals surface area contributed by atoms with Crippen molar-refractivity contribution in [2.75, 3.05) is 0 Å². The van der Waals surface area contributed by atoms with E-state index in [1.54, 1.807) is 0 Å². The van der Waals surface area contributed by atoms with Crippen molar-refractivity contribution in [1.29, 1.82) is 0 Å². The second-order valence-electron chi connectivity index (χ2n) is 4.02. The maximum absolute atomic E-state index is 5.60. The van der Waals surface area contributed by atoms with E-state index in [1.807, 2.05) is 0 Å². The van der Waals surface area contributed by atoms with Crippen molar-refractivity contribution < 1.29 is 0 Å². The molecular formula is C10H21N5. The van der Waals surface area contributed by atoms with E-state index in [9.17, 15) is 0 Å². The predicted molar refractivity (Wildman–Crippen MR) is 63.5 cm³/mol. The lowest BCUT2D eigenvalue weighted by Crippen LogP contribution is -2.27. The van der Waals surface area contributed by atoms with Crippen LogP contribution in [0.3, 0.4) is 0 Å². The largest absolute Gasteiger partial charge is 0.370 e. The Morgan fingerprint density at radius 1 is 0.867 bits per heavy atom. The Labute approximate surface area is 90.8 Å². The molecule has 6 N–H and O–H groups in total. The van der Waals surface area contributed by atoms with Crippen LogP contribution in [0.25, 0.3) is 0 Å². The monoisotopic (exact) mass is 211 g/mol. The molecule has 0 radical (unpaired) electrons. The van der Waals surface area contributed by atoms with Gasteiger partial charge in [0.2, 0.25) is 5.96 Å². The van der Waals surface area contributed by atoms with Gasteiger partial charge in [-0.15, -0.1) is 0 Å². The van der Waals surface area contributed by atoms with E-state index in [2.05, 4.69) is 9.98 Å². The molecule has 0 amide bonds. The molecule has 0 atom stereocenters. The highest BCUT2D eigenvalue weighted by Gasteiger charge is 2.10. The lowest BCUT2D eigenvalue weighted by atomic mass is 9.97. The molecule has 5 heteroatoms. The van der Waals surface area contributed by atoms with E-state index in [0.717, 1.165) is 12.8 Å². The summed E-state index contributed by atoms with van der Waals surface area (Å²) in [6.07, 6.45) is 8.59. The zero-order chi connectivity index (χ0) is 11.1. The van der Waals surface area contributed by atoms with Gasteiger partial charge in [-0.1, -0.05) is 32.1 Å². The molecule has 86 valence electrons. The van der Waals surface area contributed by atoms with Crippen molar-refractivity contribution in [3.05, 3.63) is 0 Å². The van der Waals surface area contributed by atoms with Gasteiger partial charge in [-0.25, -0.2) is 4.99 Å². The van der Waals surface area contributed by atoms with Crippen LogP contribution < -0.4 is 17.2 Å². The molecule has 1 saturated carbocycles. The standard InChI is InChI=1S/C10H21N5/c11-9(12)15-10(13)14-8-6-4-2-1-3-5-7-8/h8H,1-7H2,(H6,11,12,13,14,15). The molecule has 1 fully saturated rings. The minimum atomic E-state index is -0.0258. The summed E-state index contributed by atoms with van der Waals surface area (Å²) in [5.74, 6) is 0.183. The quantitative estimate of drug-likeness (QED) is 0.439. The second-order valence-corrected chi connectivity index (χ2v) is 4.02. The first kappa shape index (κ1) is 11.8. The van der Waals surface area contributed by atoms with Gasteiger partial charge in [-0.2, -0.15) is 4.99 Å². The van der Waals surface area contributed by atoms with E-state index in [4.69, 9.17) is 17.2 Å². The van der Waals surface area contributed by atoms with Crippen LogP contribution in [-0.2, 0) is 0 Å². The topological polar surface area (TPSA) is 103 Å². The molecule has 0 spiro atoms. The summed E-state index contributed by atoms with van der Waals surface area (Å²) < 4.78 is 0. The third-order valence-electron chi connectivity index (χ3n) is 2.63. The summed E-state index contributed by atoms with van der Waals surface area (Å²) in [6.45, 7) is 0. The number of guanidine groups is 2. The highest BCUT2D eigenvalue weighted by atomic mass is 15.1. The van der Waals surface area contributed by atoms with Crippen LogP contribution >= 0.6 is 0 Å². The molecule has 0 aromatic rings. The fourth-order valence-electron chi connectivity index (χ4n) is 1.91.